The summed E-state index contributed by atoms with van der Waals surface area (Å²) in [5, 5.41) is 15.0. The van der Waals surface area contributed by atoms with Gasteiger partial charge in [0.25, 0.3) is 0 Å². The standard InChI is InChI=1S/C13H14N2O3S/c14-19(17,18)12-7-6-11(15-9-12)8-13(16)10-4-2-1-3-5-10/h1-7,9,13,16H,8H2,(H2,14,17,18). The zero-order valence-corrected chi connectivity index (χ0v) is 10.9. The van der Waals surface area contributed by atoms with Gasteiger partial charge >= 0.3 is 0 Å². The summed E-state index contributed by atoms with van der Waals surface area (Å²) >= 11 is 0. The molecule has 2 rings (SSSR count). The van der Waals surface area contributed by atoms with Crippen molar-refractivity contribution >= 4 is 10.0 Å². The lowest BCUT2D eigenvalue weighted by atomic mass is 10.0. The first-order valence-corrected chi connectivity index (χ1v) is 7.22. The van der Waals surface area contributed by atoms with Crippen LogP contribution in [0.3, 0.4) is 0 Å². The van der Waals surface area contributed by atoms with E-state index >= 15 is 0 Å². The molecule has 2 aromatic rings. The molecule has 0 spiro atoms. The largest absolute Gasteiger partial charge is 0.388 e. The summed E-state index contributed by atoms with van der Waals surface area (Å²) in [6, 6.07) is 12.1. The molecule has 1 aromatic carbocycles. The van der Waals surface area contributed by atoms with Crippen molar-refractivity contribution in [1.82, 2.24) is 4.98 Å². The van der Waals surface area contributed by atoms with Crippen LogP contribution < -0.4 is 5.14 Å². The molecule has 3 N–H and O–H groups in total. The van der Waals surface area contributed by atoms with Gasteiger partial charge < -0.3 is 5.11 Å². The Morgan fingerprint density at radius 2 is 1.84 bits per heavy atom. The van der Waals surface area contributed by atoms with Gasteiger partial charge in [0, 0.05) is 18.3 Å². The number of hydrogen-bond acceptors (Lipinski definition) is 4. The van der Waals surface area contributed by atoms with E-state index in [-0.39, 0.29) is 4.90 Å². The average molecular weight is 278 g/mol. The second-order valence-corrected chi connectivity index (χ2v) is 5.72. The van der Waals surface area contributed by atoms with E-state index in [0.717, 1.165) is 5.56 Å². The molecule has 19 heavy (non-hydrogen) atoms. The molecule has 1 heterocycles. The summed E-state index contributed by atoms with van der Waals surface area (Å²) in [4.78, 5) is 3.95. The number of nitrogens with two attached hydrogens (primary N) is 1. The highest BCUT2D eigenvalue weighted by molar-refractivity contribution is 7.89. The summed E-state index contributed by atoms with van der Waals surface area (Å²) in [5.41, 5.74) is 1.39. The highest BCUT2D eigenvalue weighted by atomic mass is 32.2. The number of aliphatic hydroxyl groups is 1. The molecule has 1 atom stereocenters. The Balaban J connectivity index is 2.12. The van der Waals surface area contributed by atoms with E-state index in [1.54, 1.807) is 6.07 Å². The second-order valence-electron chi connectivity index (χ2n) is 4.16. The number of benzene rings is 1. The van der Waals surface area contributed by atoms with Gasteiger partial charge in [-0.3, -0.25) is 4.98 Å². The van der Waals surface area contributed by atoms with Crippen molar-refractivity contribution in [3.05, 3.63) is 59.9 Å². The molecule has 1 aromatic heterocycles. The molecule has 5 nitrogen and oxygen atoms in total. The van der Waals surface area contributed by atoms with Crippen LogP contribution in [0.25, 0.3) is 0 Å². The van der Waals surface area contributed by atoms with Crippen molar-refractivity contribution in [2.24, 2.45) is 5.14 Å². The Hall–Kier alpha value is -1.76. The smallest absolute Gasteiger partial charge is 0.239 e. The first kappa shape index (κ1) is 13.7. The lowest BCUT2D eigenvalue weighted by Crippen LogP contribution is -2.13. The van der Waals surface area contributed by atoms with E-state index in [9.17, 15) is 13.5 Å². The van der Waals surface area contributed by atoms with Gasteiger partial charge in [0.1, 0.15) is 4.90 Å². The molecule has 0 amide bonds. The third-order valence-electron chi connectivity index (χ3n) is 2.71. The lowest BCUT2D eigenvalue weighted by Gasteiger charge is -2.10. The molecule has 1 unspecified atom stereocenters. The zero-order chi connectivity index (χ0) is 13.9. The highest BCUT2D eigenvalue weighted by Crippen LogP contribution is 2.17. The average Bonchev–Trinajstić information content (AvgIpc) is 2.39. The van der Waals surface area contributed by atoms with Gasteiger partial charge in [-0.05, 0) is 17.7 Å². The van der Waals surface area contributed by atoms with E-state index in [0.29, 0.717) is 12.1 Å². The molecule has 0 aliphatic heterocycles. The highest BCUT2D eigenvalue weighted by Gasteiger charge is 2.11. The summed E-state index contributed by atoms with van der Waals surface area (Å²) in [6.45, 7) is 0. The third kappa shape index (κ3) is 3.60. The molecule has 0 saturated carbocycles. The van der Waals surface area contributed by atoms with Crippen molar-refractivity contribution in [3.8, 4) is 0 Å². The molecule has 0 bridgehead atoms. The summed E-state index contributed by atoms with van der Waals surface area (Å²) < 4.78 is 22.2. The maximum Gasteiger partial charge on any atom is 0.239 e. The number of rotatable bonds is 4. The number of aromatic nitrogens is 1. The minimum atomic E-state index is -3.73. The maximum atomic E-state index is 11.1. The van der Waals surface area contributed by atoms with Crippen LogP contribution in [0.15, 0.2) is 53.6 Å². The van der Waals surface area contributed by atoms with Crippen LogP contribution in [0.5, 0.6) is 0 Å². The maximum absolute atomic E-state index is 11.1. The predicted molar refractivity (Wildman–Crippen MR) is 70.7 cm³/mol. The van der Waals surface area contributed by atoms with E-state index in [1.165, 1.54) is 12.3 Å². The van der Waals surface area contributed by atoms with Crippen molar-refractivity contribution < 1.29 is 13.5 Å². The quantitative estimate of drug-likeness (QED) is 0.872. The number of primary sulfonamides is 1. The van der Waals surface area contributed by atoms with E-state index in [4.69, 9.17) is 5.14 Å². The van der Waals surface area contributed by atoms with Gasteiger partial charge in [0.05, 0.1) is 6.10 Å². The molecule has 6 heteroatoms. The summed E-state index contributed by atoms with van der Waals surface area (Å²) in [7, 11) is -3.73. The van der Waals surface area contributed by atoms with Gasteiger partial charge in [0.2, 0.25) is 10.0 Å². The fraction of sp³-hybridized carbons (Fsp3) is 0.154. The van der Waals surface area contributed by atoms with Crippen LogP contribution in [0.4, 0.5) is 0 Å². The number of pyridine rings is 1. The van der Waals surface area contributed by atoms with E-state index < -0.39 is 16.1 Å². The minimum Gasteiger partial charge on any atom is -0.388 e. The van der Waals surface area contributed by atoms with Crippen molar-refractivity contribution in [2.45, 2.75) is 17.4 Å². The first-order chi connectivity index (χ1) is 8.97. The minimum absolute atomic E-state index is 0.0366. The van der Waals surface area contributed by atoms with Crippen LogP contribution in [0.1, 0.15) is 17.4 Å². The van der Waals surface area contributed by atoms with Crippen LogP contribution in [-0.4, -0.2) is 18.5 Å². The van der Waals surface area contributed by atoms with Gasteiger partial charge in [0.15, 0.2) is 0 Å². The first-order valence-electron chi connectivity index (χ1n) is 5.67. The van der Waals surface area contributed by atoms with Gasteiger partial charge in [-0.25, -0.2) is 13.6 Å². The number of aliphatic hydroxyl groups excluding tert-OH is 1. The normalized spacial score (nSPS) is 13.2. The van der Waals surface area contributed by atoms with Crippen LogP contribution in [0, 0.1) is 0 Å². The number of sulfonamides is 1. The Morgan fingerprint density at radius 1 is 1.16 bits per heavy atom. The molecule has 0 aliphatic carbocycles. The van der Waals surface area contributed by atoms with Gasteiger partial charge in [-0.1, -0.05) is 30.3 Å². The third-order valence-corrected chi connectivity index (χ3v) is 3.61. The Morgan fingerprint density at radius 3 is 2.37 bits per heavy atom. The van der Waals surface area contributed by atoms with Crippen molar-refractivity contribution in [2.75, 3.05) is 0 Å². The van der Waals surface area contributed by atoms with Crippen LogP contribution >= 0.6 is 0 Å². The Labute approximate surface area is 111 Å². The molecule has 0 aliphatic rings. The lowest BCUT2D eigenvalue weighted by molar-refractivity contribution is 0.177. The van der Waals surface area contributed by atoms with Crippen LogP contribution in [0.2, 0.25) is 0 Å². The van der Waals surface area contributed by atoms with Gasteiger partial charge in [-0.2, -0.15) is 0 Å². The molecular weight excluding hydrogens is 264 g/mol. The molecule has 0 saturated heterocycles. The van der Waals surface area contributed by atoms with Crippen molar-refractivity contribution in [3.63, 3.8) is 0 Å². The fourth-order valence-corrected chi connectivity index (χ4v) is 2.15. The number of nitrogens with zero attached hydrogens (tertiary/aromatic N) is 1. The predicted octanol–water partition coefficient (Wildman–Crippen LogP) is 1.01. The fourth-order valence-electron chi connectivity index (χ4n) is 1.69. The monoisotopic (exact) mass is 278 g/mol. The number of hydrogen-bond donors (Lipinski definition) is 2. The Bertz CT molecular complexity index is 639. The van der Waals surface area contributed by atoms with Gasteiger partial charge in [-0.15, -0.1) is 0 Å². The zero-order valence-electron chi connectivity index (χ0n) is 10.1. The van der Waals surface area contributed by atoms with Crippen molar-refractivity contribution in [1.29, 1.82) is 0 Å². The summed E-state index contributed by atoms with van der Waals surface area (Å²) in [5.74, 6) is 0. The Kier molecular flexibility index (Phi) is 3.94. The molecular formula is C13H14N2O3S. The second kappa shape index (κ2) is 5.48. The van der Waals surface area contributed by atoms with Crippen LogP contribution in [-0.2, 0) is 16.4 Å². The summed E-state index contributed by atoms with van der Waals surface area (Å²) in [6.07, 6.45) is 0.839. The van der Waals surface area contributed by atoms with E-state index in [1.807, 2.05) is 30.3 Å². The SMILES string of the molecule is NS(=O)(=O)c1ccc(CC(O)c2ccccc2)nc1. The molecule has 100 valence electrons. The topological polar surface area (TPSA) is 93.3 Å². The molecule has 0 fully saturated rings. The molecule has 0 radical (unpaired) electrons. The van der Waals surface area contributed by atoms with E-state index in [2.05, 4.69) is 4.98 Å².